The molecule has 23 heavy (non-hydrogen) atoms. The molecule has 0 bridgehead atoms. The van der Waals surface area contributed by atoms with Crippen LogP contribution in [0, 0.1) is 5.92 Å². The van der Waals surface area contributed by atoms with Gasteiger partial charge < -0.3 is 14.6 Å². The van der Waals surface area contributed by atoms with Crippen LogP contribution in [0.4, 0.5) is 4.79 Å². The van der Waals surface area contributed by atoms with E-state index in [-0.39, 0.29) is 23.0 Å². The fourth-order valence-corrected chi connectivity index (χ4v) is 5.71. The summed E-state index contributed by atoms with van der Waals surface area (Å²) in [6.07, 6.45) is 0.667. The van der Waals surface area contributed by atoms with Crippen LogP contribution >= 0.6 is 0 Å². The van der Waals surface area contributed by atoms with Gasteiger partial charge in [0, 0.05) is 18.5 Å². The van der Waals surface area contributed by atoms with Gasteiger partial charge in [0.15, 0.2) is 9.84 Å². The molecule has 2 saturated heterocycles. The van der Waals surface area contributed by atoms with Gasteiger partial charge in [-0.3, -0.25) is 0 Å². The number of carbonyl (C=O) groups is 1. The van der Waals surface area contributed by atoms with Crippen LogP contribution in [-0.2, 0) is 16.4 Å². The second-order valence-electron chi connectivity index (χ2n) is 6.27. The zero-order valence-corrected chi connectivity index (χ0v) is 13.4. The minimum atomic E-state index is -3.01. The zero-order chi connectivity index (χ0) is 16.0. The molecule has 2 atom stereocenters. The number of carbonyl (C=O) groups excluding carboxylic acids is 1. The van der Waals surface area contributed by atoms with E-state index in [1.54, 1.807) is 4.90 Å². The summed E-state index contributed by atoms with van der Waals surface area (Å²) in [7, 11) is -3.01. The molecular formula is C16H18N2O4S. The number of sulfone groups is 1. The number of benzene rings is 1. The fourth-order valence-electron chi connectivity index (χ4n) is 3.56. The molecule has 0 unspecified atom stereocenters. The summed E-state index contributed by atoms with van der Waals surface area (Å²) in [4.78, 5) is 13.9. The lowest BCUT2D eigenvalue weighted by molar-refractivity contribution is 0.205. The molecule has 4 rings (SSSR count). The van der Waals surface area contributed by atoms with Gasteiger partial charge in [0.2, 0.25) is 0 Å². The third-order valence-electron chi connectivity index (χ3n) is 4.79. The number of rotatable bonds is 2. The fraction of sp³-hybridized carbons (Fsp3) is 0.438. The van der Waals surface area contributed by atoms with Crippen LogP contribution in [0.5, 0.6) is 0 Å². The van der Waals surface area contributed by atoms with E-state index >= 15 is 0 Å². The van der Waals surface area contributed by atoms with Gasteiger partial charge in [0.1, 0.15) is 11.3 Å². The van der Waals surface area contributed by atoms with Crippen LogP contribution in [0.3, 0.4) is 0 Å². The molecule has 2 aliphatic heterocycles. The Morgan fingerprint density at radius 3 is 2.91 bits per heavy atom. The quantitative estimate of drug-likeness (QED) is 0.907. The Bertz CT molecular complexity index is 825. The Labute approximate surface area is 134 Å². The maximum Gasteiger partial charge on any atom is 0.317 e. The largest absolute Gasteiger partial charge is 0.459 e. The number of furan rings is 1. The van der Waals surface area contributed by atoms with Crippen molar-refractivity contribution in [3.63, 3.8) is 0 Å². The molecule has 0 spiro atoms. The average molecular weight is 334 g/mol. The Balaban J connectivity index is 1.39. The lowest BCUT2D eigenvalue weighted by Crippen LogP contribution is -2.39. The van der Waals surface area contributed by atoms with Crippen LogP contribution in [0.15, 0.2) is 34.7 Å². The minimum Gasteiger partial charge on any atom is -0.459 e. The maximum absolute atomic E-state index is 12.3. The number of urea groups is 1. The number of likely N-dealkylation sites (tertiary alicyclic amines) is 1. The van der Waals surface area contributed by atoms with Crippen molar-refractivity contribution in [2.75, 3.05) is 18.8 Å². The molecule has 122 valence electrons. The van der Waals surface area contributed by atoms with Crippen LogP contribution in [0.1, 0.15) is 12.2 Å². The summed E-state index contributed by atoms with van der Waals surface area (Å²) in [5, 5.41) is 3.44. The number of para-hydroxylation sites is 1. The number of hydrogen-bond acceptors (Lipinski definition) is 4. The van der Waals surface area contributed by atoms with Crippen molar-refractivity contribution in [1.29, 1.82) is 0 Å². The van der Waals surface area contributed by atoms with E-state index in [9.17, 15) is 13.2 Å². The lowest BCUT2D eigenvalue weighted by atomic mass is 10.1. The highest BCUT2D eigenvalue weighted by Crippen LogP contribution is 2.33. The van der Waals surface area contributed by atoms with E-state index in [4.69, 9.17) is 4.42 Å². The highest BCUT2D eigenvalue weighted by atomic mass is 32.2. The van der Waals surface area contributed by atoms with Crippen molar-refractivity contribution in [3.8, 4) is 0 Å². The van der Waals surface area contributed by atoms with E-state index < -0.39 is 9.84 Å². The average Bonchev–Trinajstić information content (AvgIpc) is 3.20. The Kier molecular flexibility index (Phi) is 3.33. The summed E-state index contributed by atoms with van der Waals surface area (Å²) in [6, 6.07) is 9.35. The molecular weight excluding hydrogens is 316 g/mol. The normalized spacial score (nSPS) is 25.7. The number of hydrogen-bond donors (Lipinski definition) is 1. The Hall–Kier alpha value is -2.02. The highest BCUT2D eigenvalue weighted by molar-refractivity contribution is 7.92. The molecule has 2 aliphatic rings. The van der Waals surface area contributed by atoms with E-state index in [2.05, 4.69) is 5.32 Å². The van der Waals surface area contributed by atoms with E-state index in [0.717, 1.165) is 11.0 Å². The first-order valence-electron chi connectivity index (χ1n) is 7.75. The Morgan fingerprint density at radius 2 is 2.13 bits per heavy atom. The van der Waals surface area contributed by atoms with Crippen molar-refractivity contribution < 1.29 is 17.6 Å². The van der Waals surface area contributed by atoms with Gasteiger partial charge in [-0.15, -0.1) is 0 Å². The van der Waals surface area contributed by atoms with Crippen molar-refractivity contribution in [2.45, 2.75) is 18.2 Å². The molecule has 1 aromatic heterocycles. The number of fused-ring (bicyclic) bond motifs is 2. The molecule has 2 fully saturated rings. The number of nitrogens with zero attached hydrogens (tertiary/aromatic N) is 1. The summed E-state index contributed by atoms with van der Waals surface area (Å²) >= 11 is 0. The molecule has 1 N–H and O–H groups in total. The first-order chi connectivity index (χ1) is 11.0. The zero-order valence-electron chi connectivity index (χ0n) is 12.6. The summed E-state index contributed by atoms with van der Waals surface area (Å²) in [5.41, 5.74) is 0.790. The van der Waals surface area contributed by atoms with Crippen molar-refractivity contribution in [2.24, 2.45) is 5.92 Å². The first kappa shape index (κ1) is 14.6. The number of amides is 2. The molecule has 2 amide bonds. The predicted octanol–water partition coefficient (Wildman–Crippen LogP) is 1.76. The molecule has 0 aliphatic carbocycles. The van der Waals surface area contributed by atoms with Crippen LogP contribution in [0.25, 0.3) is 11.0 Å². The topological polar surface area (TPSA) is 79.6 Å². The summed E-state index contributed by atoms with van der Waals surface area (Å²) in [5.74, 6) is 1.04. The molecule has 2 aromatic rings. The molecule has 3 heterocycles. The second kappa shape index (κ2) is 5.26. The van der Waals surface area contributed by atoms with Crippen LogP contribution < -0.4 is 5.32 Å². The lowest BCUT2D eigenvalue weighted by Gasteiger charge is -2.17. The first-order valence-corrected chi connectivity index (χ1v) is 9.46. The van der Waals surface area contributed by atoms with Gasteiger partial charge in [-0.1, -0.05) is 18.2 Å². The van der Waals surface area contributed by atoms with E-state index in [1.165, 1.54) is 0 Å². The van der Waals surface area contributed by atoms with Gasteiger partial charge in [-0.25, -0.2) is 13.2 Å². The number of nitrogens with one attached hydrogen (secondary N) is 1. The Morgan fingerprint density at radius 1 is 1.30 bits per heavy atom. The summed E-state index contributed by atoms with van der Waals surface area (Å²) in [6.45, 7) is 1.13. The van der Waals surface area contributed by atoms with Gasteiger partial charge >= 0.3 is 6.03 Å². The highest BCUT2D eigenvalue weighted by Gasteiger charge is 2.47. The summed E-state index contributed by atoms with van der Waals surface area (Å²) < 4.78 is 29.5. The SMILES string of the molecule is O=C(NCc1cc2ccccc2o1)N1C[C@@H]2CCS(=O)(=O)[C@@H]2C1. The van der Waals surface area contributed by atoms with E-state index in [1.807, 2.05) is 30.3 Å². The maximum atomic E-state index is 12.3. The molecule has 1 aromatic carbocycles. The monoisotopic (exact) mass is 334 g/mol. The second-order valence-corrected chi connectivity index (χ2v) is 8.61. The third-order valence-corrected chi connectivity index (χ3v) is 7.05. The molecule has 7 heteroatoms. The molecule has 0 radical (unpaired) electrons. The van der Waals surface area contributed by atoms with E-state index in [0.29, 0.717) is 31.8 Å². The van der Waals surface area contributed by atoms with Crippen molar-refractivity contribution in [1.82, 2.24) is 10.2 Å². The van der Waals surface area contributed by atoms with Gasteiger partial charge in [-0.05, 0) is 24.5 Å². The minimum absolute atomic E-state index is 0.0944. The van der Waals surface area contributed by atoms with Gasteiger partial charge in [0.05, 0.1) is 17.5 Å². The van der Waals surface area contributed by atoms with Crippen LogP contribution in [-0.4, -0.2) is 43.4 Å². The smallest absolute Gasteiger partial charge is 0.317 e. The molecule has 0 saturated carbocycles. The van der Waals surface area contributed by atoms with Crippen molar-refractivity contribution in [3.05, 3.63) is 36.1 Å². The van der Waals surface area contributed by atoms with Crippen LogP contribution in [0.2, 0.25) is 0 Å². The third kappa shape index (κ3) is 2.59. The van der Waals surface area contributed by atoms with Gasteiger partial charge in [-0.2, -0.15) is 0 Å². The van der Waals surface area contributed by atoms with Gasteiger partial charge in [0.25, 0.3) is 0 Å². The molecule has 6 nitrogen and oxygen atoms in total. The standard InChI is InChI=1S/C16H18N2O4S/c19-16(18-9-12-5-6-23(20,21)15(12)10-18)17-8-13-7-11-3-1-2-4-14(11)22-13/h1-4,7,12,15H,5-6,8-10H2,(H,17,19)/t12-,15+/m0/s1. The van der Waals surface area contributed by atoms with Crippen molar-refractivity contribution >= 4 is 26.8 Å². The predicted molar refractivity (Wildman–Crippen MR) is 85.7 cm³/mol.